The van der Waals surface area contributed by atoms with E-state index in [0.717, 1.165) is 32.4 Å². The molecule has 0 aromatic heterocycles. The van der Waals surface area contributed by atoms with E-state index in [0.29, 0.717) is 17.9 Å². The minimum absolute atomic E-state index is 0. The Morgan fingerprint density at radius 3 is 2.50 bits per heavy atom. The van der Waals surface area contributed by atoms with Crippen LogP contribution in [0.2, 0.25) is 0 Å². The summed E-state index contributed by atoms with van der Waals surface area (Å²) >= 11 is 0. The Labute approximate surface area is 117 Å². The lowest BCUT2D eigenvalue weighted by molar-refractivity contribution is -0.123. The van der Waals surface area contributed by atoms with Gasteiger partial charge in [-0.25, -0.2) is 0 Å². The van der Waals surface area contributed by atoms with E-state index in [1.54, 1.807) is 0 Å². The number of amides is 1. The predicted molar refractivity (Wildman–Crippen MR) is 77.0 cm³/mol. The highest BCUT2D eigenvalue weighted by Gasteiger charge is 2.24. The van der Waals surface area contributed by atoms with Crippen molar-refractivity contribution in [2.24, 2.45) is 11.8 Å². The predicted octanol–water partition coefficient (Wildman–Crippen LogP) is 2.49. The molecule has 4 heteroatoms. The maximum atomic E-state index is 12.0. The second kappa shape index (κ2) is 8.00. The van der Waals surface area contributed by atoms with Crippen LogP contribution in [0.15, 0.2) is 0 Å². The lowest BCUT2D eigenvalue weighted by Gasteiger charge is -2.30. The number of piperidine rings is 1. The molecule has 1 aliphatic carbocycles. The highest BCUT2D eigenvalue weighted by Crippen LogP contribution is 2.24. The van der Waals surface area contributed by atoms with Gasteiger partial charge in [0.1, 0.15) is 0 Å². The average Bonchev–Trinajstić information content (AvgIpc) is 2.33. The molecule has 2 fully saturated rings. The molecule has 2 unspecified atom stereocenters. The van der Waals surface area contributed by atoms with E-state index in [1.807, 2.05) is 0 Å². The smallest absolute Gasteiger partial charge is 0.220 e. The van der Waals surface area contributed by atoms with Gasteiger partial charge in [0.2, 0.25) is 5.91 Å². The zero-order valence-electron chi connectivity index (χ0n) is 11.4. The van der Waals surface area contributed by atoms with E-state index in [4.69, 9.17) is 0 Å². The molecule has 0 bridgehead atoms. The van der Waals surface area contributed by atoms with Crippen molar-refractivity contribution in [1.29, 1.82) is 0 Å². The Kier molecular flexibility index (Phi) is 7.02. The Morgan fingerprint density at radius 2 is 1.83 bits per heavy atom. The molecule has 3 nitrogen and oxygen atoms in total. The molecule has 2 rings (SSSR count). The third-order valence-electron chi connectivity index (χ3n) is 4.39. The number of nitrogens with one attached hydrogen (secondary N) is 2. The summed E-state index contributed by atoms with van der Waals surface area (Å²) < 4.78 is 0. The van der Waals surface area contributed by atoms with Crippen molar-refractivity contribution in [3.05, 3.63) is 0 Å². The van der Waals surface area contributed by atoms with Crippen molar-refractivity contribution in [2.45, 2.75) is 57.9 Å². The van der Waals surface area contributed by atoms with Crippen molar-refractivity contribution in [1.82, 2.24) is 10.6 Å². The van der Waals surface area contributed by atoms with E-state index in [2.05, 4.69) is 17.6 Å². The normalized spacial score (nSPS) is 29.4. The summed E-state index contributed by atoms with van der Waals surface area (Å²) in [6.07, 6.45) is 8.13. The number of carbonyl (C=O) groups is 1. The Balaban J connectivity index is 0.00000162. The molecular weight excluding hydrogens is 248 g/mol. The minimum Gasteiger partial charge on any atom is -0.353 e. The van der Waals surface area contributed by atoms with Crippen LogP contribution in [0.3, 0.4) is 0 Å². The molecular formula is C14H27ClN2O. The van der Waals surface area contributed by atoms with Gasteiger partial charge in [-0.3, -0.25) is 4.79 Å². The van der Waals surface area contributed by atoms with Gasteiger partial charge < -0.3 is 10.6 Å². The first-order chi connectivity index (χ1) is 8.25. The highest BCUT2D eigenvalue weighted by molar-refractivity contribution is 5.85. The van der Waals surface area contributed by atoms with Gasteiger partial charge in [0.05, 0.1) is 0 Å². The molecule has 1 amide bonds. The maximum absolute atomic E-state index is 12.0. The lowest BCUT2D eigenvalue weighted by atomic mass is 9.85. The average molecular weight is 275 g/mol. The summed E-state index contributed by atoms with van der Waals surface area (Å²) in [5.41, 5.74) is 0. The van der Waals surface area contributed by atoms with Gasteiger partial charge in [0.15, 0.2) is 0 Å². The van der Waals surface area contributed by atoms with Crippen LogP contribution in [-0.4, -0.2) is 25.0 Å². The fourth-order valence-corrected chi connectivity index (χ4v) is 3.14. The van der Waals surface area contributed by atoms with Gasteiger partial charge in [-0.1, -0.05) is 19.8 Å². The van der Waals surface area contributed by atoms with E-state index in [1.165, 1.54) is 25.7 Å². The standard InChI is InChI=1S/C14H26N2O.ClH/c1-11-4-2-3-5-13(11)16-14(17)10-12-6-8-15-9-7-12;/h11-13,15H,2-10H2,1H3,(H,16,17);1H. The second-order valence-corrected chi connectivity index (χ2v) is 5.83. The van der Waals surface area contributed by atoms with Crippen LogP contribution < -0.4 is 10.6 Å². The third-order valence-corrected chi connectivity index (χ3v) is 4.39. The third kappa shape index (κ3) is 4.77. The summed E-state index contributed by atoms with van der Waals surface area (Å²) in [5, 5.41) is 6.60. The van der Waals surface area contributed by atoms with Gasteiger partial charge in [-0.15, -0.1) is 12.4 Å². The Morgan fingerprint density at radius 1 is 1.17 bits per heavy atom. The molecule has 18 heavy (non-hydrogen) atoms. The number of rotatable bonds is 3. The quantitative estimate of drug-likeness (QED) is 0.830. The minimum atomic E-state index is 0. The van der Waals surface area contributed by atoms with Crippen LogP contribution in [-0.2, 0) is 4.79 Å². The molecule has 1 heterocycles. The van der Waals surface area contributed by atoms with Crippen LogP contribution in [0.25, 0.3) is 0 Å². The summed E-state index contributed by atoms with van der Waals surface area (Å²) in [4.78, 5) is 12.0. The first kappa shape index (κ1) is 15.8. The number of hydrogen-bond donors (Lipinski definition) is 2. The molecule has 0 radical (unpaired) electrons. The van der Waals surface area contributed by atoms with Gasteiger partial charge >= 0.3 is 0 Å². The molecule has 1 saturated heterocycles. The Hall–Kier alpha value is -0.280. The topological polar surface area (TPSA) is 41.1 Å². The molecule has 2 atom stereocenters. The molecule has 106 valence electrons. The molecule has 1 saturated carbocycles. The maximum Gasteiger partial charge on any atom is 0.220 e. The van der Waals surface area contributed by atoms with Gasteiger partial charge in [0.25, 0.3) is 0 Å². The molecule has 0 aromatic rings. The summed E-state index contributed by atoms with van der Waals surface area (Å²) in [6.45, 7) is 4.43. The highest BCUT2D eigenvalue weighted by atomic mass is 35.5. The van der Waals surface area contributed by atoms with Crippen molar-refractivity contribution >= 4 is 18.3 Å². The fourth-order valence-electron chi connectivity index (χ4n) is 3.14. The van der Waals surface area contributed by atoms with Crippen molar-refractivity contribution in [2.75, 3.05) is 13.1 Å². The number of halogens is 1. The zero-order chi connectivity index (χ0) is 12.1. The van der Waals surface area contributed by atoms with E-state index >= 15 is 0 Å². The van der Waals surface area contributed by atoms with Gasteiger partial charge in [-0.05, 0) is 50.6 Å². The Bertz CT molecular complexity index is 254. The van der Waals surface area contributed by atoms with Crippen molar-refractivity contribution < 1.29 is 4.79 Å². The van der Waals surface area contributed by atoms with Crippen LogP contribution in [0, 0.1) is 11.8 Å². The van der Waals surface area contributed by atoms with Crippen LogP contribution in [0.5, 0.6) is 0 Å². The van der Waals surface area contributed by atoms with Gasteiger partial charge in [-0.2, -0.15) is 0 Å². The van der Waals surface area contributed by atoms with Crippen molar-refractivity contribution in [3.8, 4) is 0 Å². The van der Waals surface area contributed by atoms with E-state index in [9.17, 15) is 4.79 Å². The summed E-state index contributed by atoms with van der Waals surface area (Å²) in [5.74, 6) is 1.56. The first-order valence-electron chi connectivity index (χ1n) is 7.26. The van der Waals surface area contributed by atoms with Crippen LogP contribution in [0.4, 0.5) is 0 Å². The molecule has 2 aliphatic rings. The van der Waals surface area contributed by atoms with E-state index in [-0.39, 0.29) is 18.3 Å². The lowest BCUT2D eigenvalue weighted by Crippen LogP contribution is -2.42. The molecule has 0 spiro atoms. The van der Waals surface area contributed by atoms with Crippen LogP contribution >= 0.6 is 12.4 Å². The second-order valence-electron chi connectivity index (χ2n) is 5.83. The number of carbonyl (C=O) groups excluding carboxylic acids is 1. The van der Waals surface area contributed by atoms with Crippen LogP contribution in [0.1, 0.15) is 51.9 Å². The molecule has 0 aromatic carbocycles. The molecule has 2 N–H and O–H groups in total. The van der Waals surface area contributed by atoms with Gasteiger partial charge in [0, 0.05) is 12.5 Å². The van der Waals surface area contributed by atoms with E-state index < -0.39 is 0 Å². The summed E-state index contributed by atoms with van der Waals surface area (Å²) in [7, 11) is 0. The monoisotopic (exact) mass is 274 g/mol. The number of hydrogen-bond acceptors (Lipinski definition) is 2. The largest absolute Gasteiger partial charge is 0.353 e. The van der Waals surface area contributed by atoms with Crippen molar-refractivity contribution in [3.63, 3.8) is 0 Å². The fraction of sp³-hybridized carbons (Fsp3) is 0.929. The SMILES string of the molecule is CC1CCCCC1NC(=O)CC1CCNCC1.Cl. The molecule has 1 aliphatic heterocycles. The summed E-state index contributed by atoms with van der Waals surface area (Å²) in [6, 6.07) is 0.443. The zero-order valence-corrected chi connectivity index (χ0v) is 12.2. The first-order valence-corrected chi connectivity index (χ1v) is 7.26.